The van der Waals surface area contributed by atoms with E-state index in [1.54, 1.807) is 25.3 Å². The molecule has 0 bridgehead atoms. The number of hydrogen-bond donors (Lipinski definition) is 0. The Morgan fingerprint density at radius 1 is 0.729 bits per heavy atom. The van der Waals surface area contributed by atoms with Crippen LogP contribution in [-0.4, -0.2) is 36.8 Å². The molecule has 1 aromatic heterocycles. The van der Waals surface area contributed by atoms with Crippen LogP contribution in [0.2, 0.25) is 0 Å². The topological polar surface area (TPSA) is 65.1 Å². The number of ether oxygens (including phenoxy) is 3. The SMILES string of the molecule is CCCCCCCCCCCCCCCCCCCC(=O)OC(C)OC(=O)N(C)CCC(Oc1cccc2ccccc12)c1ccsc1. The first-order valence-corrected chi connectivity index (χ1v) is 19.7. The maximum atomic E-state index is 12.8. The zero-order valence-corrected chi connectivity index (χ0v) is 30.8. The van der Waals surface area contributed by atoms with Gasteiger partial charge in [-0.05, 0) is 34.7 Å². The van der Waals surface area contributed by atoms with E-state index in [0.29, 0.717) is 19.4 Å². The number of carbonyl (C=O) groups is 2. The van der Waals surface area contributed by atoms with E-state index in [0.717, 1.165) is 41.3 Å². The monoisotopic (exact) mass is 679 g/mol. The van der Waals surface area contributed by atoms with E-state index in [1.165, 1.54) is 94.8 Å². The van der Waals surface area contributed by atoms with Gasteiger partial charge < -0.3 is 19.1 Å². The normalized spacial score (nSPS) is 12.5. The van der Waals surface area contributed by atoms with Crippen molar-refractivity contribution in [1.82, 2.24) is 4.90 Å². The van der Waals surface area contributed by atoms with Crippen LogP contribution in [0.5, 0.6) is 5.75 Å². The minimum atomic E-state index is -0.933. The predicted molar refractivity (Wildman–Crippen MR) is 200 cm³/mol. The van der Waals surface area contributed by atoms with Crippen molar-refractivity contribution in [3.05, 3.63) is 64.9 Å². The van der Waals surface area contributed by atoms with E-state index in [1.807, 2.05) is 29.6 Å². The molecule has 1 heterocycles. The summed E-state index contributed by atoms with van der Waals surface area (Å²) in [6, 6.07) is 16.3. The maximum absolute atomic E-state index is 12.8. The number of fused-ring (bicyclic) bond motifs is 1. The molecule has 48 heavy (non-hydrogen) atoms. The largest absolute Gasteiger partial charge is 0.485 e. The molecule has 0 spiro atoms. The van der Waals surface area contributed by atoms with E-state index in [-0.39, 0.29) is 12.1 Å². The molecule has 0 aliphatic carbocycles. The van der Waals surface area contributed by atoms with Crippen LogP contribution in [0.4, 0.5) is 4.79 Å². The fourth-order valence-electron chi connectivity index (χ4n) is 6.10. The lowest BCUT2D eigenvalue weighted by Crippen LogP contribution is -2.33. The molecule has 1 amide bonds. The number of carbonyl (C=O) groups excluding carboxylic acids is 2. The Kier molecular flexibility index (Phi) is 19.8. The van der Waals surface area contributed by atoms with Gasteiger partial charge in [-0.1, -0.05) is 146 Å². The van der Waals surface area contributed by atoms with Crippen LogP contribution < -0.4 is 4.74 Å². The van der Waals surface area contributed by atoms with Crippen LogP contribution in [0.15, 0.2) is 59.3 Å². The third-order valence-electron chi connectivity index (χ3n) is 9.02. The molecule has 0 saturated heterocycles. The molecule has 2 unspecified atom stereocenters. The molecule has 0 radical (unpaired) electrons. The second-order valence-corrected chi connectivity index (χ2v) is 14.0. The quantitative estimate of drug-likeness (QED) is 0.0480. The Bertz CT molecular complexity index is 1270. The maximum Gasteiger partial charge on any atom is 0.412 e. The number of unbranched alkanes of at least 4 members (excludes halogenated alkanes) is 16. The first-order valence-electron chi connectivity index (χ1n) is 18.8. The lowest BCUT2D eigenvalue weighted by molar-refractivity contribution is -0.166. The van der Waals surface area contributed by atoms with Crippen molar-refractivity contribution >= 4 is 34.2 Å². The summed E-state index contributed by atoms with van der Waals surface area (Å²) in [5.74, 6) is 0.495. The minimum Gasteiger partial charge on any atom is -0.485 e. The van der Waals surface area contributed by atoms with Gasteiger partial charge in [-0.15, -0.1) is 0 Å². The smallest absolute Gasteiger partial charge is 0.412 e. The number of thiophene rings is 1. The standard InChI is InChI=1S/C41H61NO5S/c1-4-5-6-7-8-9-10-11-12-13-14-15-16-17-18-19-20-28-40(43)45-34(2)46-41(44)42(3)31-29-38(36-30-32-48-33-36)47-39-27-23-25-35-24-21-22-26-37(35)39/h21-27,30,32-34,38H,4-20,28-29,31H2,1-3H3. The van der Waals surface area contributed by atoms with Crippen LogP contribution in [0.25, 0.3) is 10.8 Å². The number of amides is 1. The molecule has 7 heteroatoms. The van der Waals surface area contributed by atoms with Gasteiger partial charge in [-0.2, -0.15) is 11.3 Å². The van der Waals surface area contributed by atoms with Gasteiger partial charge in [0.2, 0.25) is 6.29 Å². The third-order valence-corrected chi connectivity index (χ3v) is 9.72. The molecule has 266 valence electrons. The molecule has 3 rings (SSSR count). The summed E-state index contributed by atoms with van der Waals surface area (Å²) in [6.07, 6.45) is 21.4. The Hall–Kier alpha value is -3.06. The zero-order chi connectivity index (χ0) is 34.2. The van der Waals surface area contributed by atoms with Crippen molar-refractivity contribution in [2.75, 3.05) is 13.6 Å². The molecule has 0 aliphatic heterocycles. The van der Waals surface area contributed by atoms with E-state index in [2.05, 4.69) is 36.6 Å². The van der Waals surface area contributed by atoms with Crippen LogP contribution in [0, 0.1) is 0 Å². The molecule has 0 saturated carbocycles. The summed E-state index contributed by atoms with van der Waals surface area (Å²) in [7, 11) is 1.69. The minimum absolute atomic E-state index is 0.225. The Morgan fingerprint density at radius 3 is 1.92 bits per heavy atom. The number of esters is 1. The summed E-state index contributed by atoms with van der Waals surface area (Å²) in [4.78, 5) is 26.6. The Morgan fingerprint density at radius 2 is 1.31 bits per heavy atom. The second kappa shape index (κ2) is 24.1. The summed E-state index contributed by atoms with van der Waals surface area (Å²) in [5.41, 5.74) is 1.07. The molecular formula is C41H61NO5S. The molecule has 0 fully saturated rings. The molecule has 6 nitrogen and oxygen atoms in total. The highest BCUT2D eigenvalue weighted by atomic mass is 32.1. The number of benzene rings is 2. The lowest BCUT2D eigenvalue weighted by atomic mass is 10.0. The van der Waals surface area contributed by atoms with E-state index in [9.17, 15) is 9.59 Å². The van der Waals surface area contributed by atoms with Crippen molar-refractivity contribution in [3.8, 4) is 5.75 Å². The van der Waals surface area contributed by atoms with Gasteiger partial charge in [-0.3, -0.25) is 4.79 Å². The van der Waals surface area contributed by atoms with Gasteiger partial charge in [0.25, 0.3) is 0 Å². The van der Waals surface area contributed by atoms with Crippen molar-refractivity contribution in [2.45, 2.75) is 148 Å². The summed E-state index contributed by atoms with van der Waals surface area (Å²) in [6.45, 7) is 4.29. The highest BCUT2D eigenvalue weighted by Crippen LogP contribution is 2.32. The Labute approximate surface area is 294 Å². The van der Waals surface area contributed by atoms with E-state index >= 15 is 0 Å². The lowest BCUT2D eigenvalue weighted by Gasteiger charge is -2.24. The van der Waals surface area contributed by atoms with E-state index < -0.39 is 12.4 Å². The zero-order valence-electron chi connectivity index (χ0n) is 30.0. The number of nitrogens with zero attached hydrogens (tertiary/aromatic N) is 1. The van der Waals surface area contributed by atoms with Crippen molar-refractivity contribution in [1.29, 1.82) is 0 Å². The molecule has 2 aromatic carbocycles. The van der Waals surface area contributed by atoms with Gasteiger partial charge >= 0.3 is 12.1 Å². The van der Waals surface area contributed by atoms with Gasteiger partial charge in [0, 0.05) is 44.3 Å². The Balaban J connectivity index is 1.22. The fourth-order valence-corrected chi connectivity index (χ4v) is 6.80. The van der Waals surface area contributed by atoms with Crippen LogP contribution in [-0.2, 0) is 14.3 Å². The van der Waals surface area contributed by atoms with E-state index in [4.69, 9.17) is 14.2 Å². The molecule has 2 atom stereocenters. The number of hydrogen-bond acceptors (Lipinski definition) is 6. The summed E-state index contributed by atoms with van der Waals surface area (Å²) >= 11 is 1.62. The van der Waals surface area contributed by atoms with Crippen molar-refractivity contribution in [3.63, 3.8) is 0 Å². The summed E-state index contributed by atoms with van der Waals surface area (Å²) < 4.78 is 17.3. The summed E-state index contributed by atoms with van der Waals surface area (Å²) in [5, 5.41) is 6.28. The molecule has 3 aromatic rings. The van der Waals surface area contributed by atoms with Crippen LogP contribution >= 0.6 is 11.3 Å². The van der Waals surface area contributed by atoms with Crippen molar-refractivity contribution in [2.24, 2.45) is 0 Å². The molecule has 0 N–H and O–H groups in total. The molecular weight excluding hydrogens is 619 g/mol. The van der Waals surface area contributed by atoms with Crippen LogP contribution in [0.3, 0.4) is 0 Å². The van der Waals surface area contributed by atoms with Gasteiger partial charge in [0.05, 0.1) is 0 Å². The average molecular weight is 680 g/mol. The van der Waals surface area contributed by atoms with Crippen LogP contribution in [0.1, 0.15) is 148 Å². The fraction of sp³-hybridized carbons (Fsp3) is 0.610. The molecule has 0 aliphatic rings. The average Bonchev–Trinajstić information content (AvgIpc) is 3.63. The van der Waals surface area contributed by atoms with Crippen molar-refractivity contribution < 1.29 is 23.8 Å². The number of rotatable bonds is 26. The highest BCUT2D eigenvalue weighted by molar-refractivity contribution is 7.08. The first-order chi connectivity index (χ1) is 23.5. The van der Waals surface area contributed by atoms with Gasteiger partial charge in [0.15, 0.2) is 0 Å². The highest BCUT2D eigenvalue weighted by Gasteiger charge is 2.21. The second-order valence-electron chi connectivity index (χ2n) is 13.2. The third kappa shape index (κ3) is 15.9. The van der Waals surface area contributed by atoms with Gasteiger partial charge in [-0.25, -0.2) is 4.79 Å². The van der Waals surface area contributed by atoms with Gasteiger partial charge in [0.1, 0.15) is 11.9 Å². The predicted octanol–water partition coefficient (Wildman–Crippen LogP) is 12.4. The first kappa shape index (κ1) is 39.4.